The quantitative estimate of drug-likeness (QED) is 0.243. The van der Waals surface area contributed by atoms with E-state index in [1.807, 2.05) is 42.5 Å². The molecule has 4 aromatic rings. The van der Waals surface area contributed by atoms with Gasteiger partial charge in [-0.25, -0.2) is 22.5 Å². The van der Waals surface area contributed by atoms with Crippen LogP contribution in [0.2, 0.25) is 0 Å². The minimum Gasteiger partial charge on any atom is -0.493 e. The maximum atomic E-state index is 12.8. The maximum Gasteiger partial charge on any atom is 0.335 e. The van der Waals surface area contributed by atoms with E-state index in [0.717, 1.165) is 27.9 Å². The number of hydrogen-bond donors (Lipinski definition) is 3. The van der Waals surface area contributed by atoms with Crippen LogP contribution in [0.1, 0.15) is 55.2 Å². The number of aromatic amines is 1. The van der Waals surface area contributed by atoms with E-state index in [1.165, 1.54) is 74.6 Å². The molecule has 0 saturated heterocycles. The molecule has 8 rings (SSSR count). The third-order valence-corrected chi connectivity index (χ3v) is 11.1. The Kier molecular flexibility index (Phi) is 7.13. The standard InChI is InChI=1S/C34H34N4O5S/c39-31-30(21-35-27-8-12-29(13-9-27)44(42,43)36-20-22-4-2-1-3-5-22)32(40)38(33(41)37-31)28-10-6-26(7-11-28)34-17-23-14-24(18-34)16-25(15-23)19-34/h1-13,21,23-25,36,40H,14-20H2,(H,37,39,41). The van der Waals surface area contributed by atoms with E-state index in [0.29, 0.717) is 11.4 Å². The molecule has 3 N–H and O–H groups in total. The molecule has 0 aliphatic heterocycles. The molecule has 3 aromatic carbocycles. The van der Waals surface area contributed by atoms with Gasteiger partial charge in [0.15, 0.2) is 0 Å². The Bertz CT molecular complexity index is 1910. The van der Waals surface area contributed by atoms with Crippen molar-refractivity contribution >= 4 is 21.9 Å². The predicted octanol–water partition coefficient (Wildman–Crippen LogP) is 4.93. The van der Waals surface area contributed by atoms with Crippen molar-refractivity contribution in [1.82, 2.24) is 14.3 Å². The molecule has 4 aliphatic rings. The molecule has 4 saturated carbocycles. The average molecular weight is 611 g/mol. The summed E-state index contributed by atoms with van der Waals surface area (Å²) >= 11 is 0. The normalized spacial score (nSPS) is 24.2. The minimum absolute atomic E-state index is 0.0682. The zero-order valence-electron chi connectivity index (χ0n) is 24.1. The van der Waals surface area contributed by atoms with Crippen molar-refractivity contribution < 1.29 is 13.5 Å². The highest BCUT2D eigenvalue weighted by Crippen LogP contribution is 2.60. The number of rotatable bonds is 8. The van der Waals surface area contributed by atoms with Crippen molar-refractivity contribution in [3.05, 3.63) is 116 Å². The van der Waals surface area contributed by atoms with Crippen LogP contribution in [0.15, 0.2) is 98.3 Å². The summed E-state index contributed by atoms with van der Waals surface area (Å²) in [6.07, 6.45) is 8.91. The molecule has 4 bridgehead atoms. The number of nitrogens with zero attached hydrogens (tertiary/aromatic N) is 2. The van der Waals surface area contributed by atoms with E-state index in [1.54, 1.807) is 0 Å². The molecular weight excluding hydrogens is 576 g/mol. The molecule has 226 valence electrons. The summed E-state index contributed by atoms with van der Waals surface area (Å²) in [5.74, 6) is 1.91. The Morgan fingerprint density at radius 2 is 1.50 bits per heavy atom. The average Bonchev–Trinajstić information content (AvgIpc) is 3.00. The first-order chi connectivity index (χ1) is 21.2. The van der Waals surface area contributed by atoms with E-state index in [4.69, 9.17) is 0 Å². The highest BCUT2D eigenvalue weighted by Gasteiger charge is 2.51. The lowest BCUT2D eigenvalue weighted by Crippen LogP contribution is -2.48. The largest absolute Gasteiger partial charge is 0.493 e. The van der Waals surface area contributed by atoms with E-state index in [9.17, 15) is 23.1 Å². The van der Waals surface area contributed by atoms with Crippen molar-refractivity contribution in [2.24, 2.45) is 22.7 Å². The number of aromatic nitrogens is 2. The smallest absolute Gasteiger partial charge is 0.335 e. The molecule has 4 aliphatic carbocycles. The van der Waals surface area contributed by atoms with Crippen LogP contribution in [0.3, 0.4) is 0 Å². The molecule has 44 heavy (non-hydrogen) atoms. The lowest BCUT2D eigenvalue weighted by Gasteiger charge is -2.57. The summed E-state index contributed by atoms with van der Waals surface area (Å²) in [5.41, 5.74) is 1.44. The number of aliphatic imine (C=N–C) groups is 1. The van der Waals surface area contributed by atoms with Crippen LogP contribution in [0.25, 0.3) is 5.69 Å². The number of nitrogens with one attached hydrogen (secondary N) is 2. The molecule has 0 amide bonds. The highest BCUT2D eigenvalue weighted by molar-refractivity contribution is 7.89. The Balaban J connectivity index is 1.10. The van der Waals surface area contributed by atoms with Gasteiger partial charge in [-0.05, 0) is 109 Å². The first-order valence-electron chi connectivity index (χ1n) is 15.1. The van der Waals surface area contributed by atoms with Gasteiger partial charge in [0.05, 0.1) is 16.3 Å². The zero-order chi connectivity index (χ0) is 30.5. The van der Waals surface area contributed by atoms with Gasteiger partial charge in [-0.1, -0.05) is 42.5 Å². The van der Waals surface area contributed by atoms with Gasteiger partial charge in [-0.2, -0.15) is 0 Å². The Morgan fingerprint density at radius 1 is 0.886 bits per heavy atom. The van der Waals surface area contributed by atoms with E-state index in [2.05, 4.69) is 26.8 Å². The van der Waals surface area contributed by atoms with Crippen LogP contribution in [0.4, 0.5) is 5.69 Å². The predicted molar refractivity (Wildman–Crippen MR) is 168 cm³/mol. The summed E-state index contributed by atoms with van der Waals surface area (Å²) < 4.78 is 29.1. The van der Waals surface area contributed by atoms with Gasteiger partial charge in [0.25, 0.3) is 5.56 Å². The molecule has 0 radical (unpaired) electrons. The van der Waals surface area contributed by atoms with Crippen molar-refractivity contribution in [1.29, 1.82) is 0 Å². The first kappa shape index (κ1) is 28.5. The van der Waals surface area contributed by atoms with Crippen molar-refractivity contribution in [3.63, 3.8) is 0 Å². The zero-order valence-corrected chi connectivity index (χ0v) is 25.0. The van der Waals surface area contributed by atoms with Gasteiger partial charge in [0.2, 0.25) is 15.9 Å². The Hall–Kier alpha value is -4.28. The topological polar surface area (TPSA) is 134 Å². The van der Waals surface area contributed by atoms with Gasteiger partial charge in [-0.3, -0.25) is 14.8 Å². The van der Waals surface area contributed by atoms with Crippen molar-refractivity contribution in [2.75, 3.05) is 0 Å². The Labute approximate surface area is 255 Å². The number of aromatic hydroxyl groups is 1. The fourth-order valence-electron chi connectivity index (χ4n) is 8.03. The third-order valence-electron chi connectivity index (χ3n) is 9.70. The molecule has 0 unspecified atom stereocenters. The van der Waals surface area contributed by atoms with Crippen LogP contribution < -0.4 is 16.0 Å². The molecule has 1 heterocycles. The molecular formula is C34H34N4O5S. The van der Waals surface area contributed by atoms with Gasteiger partial charge >= 0.3 is 5.69 Å². The highest BCUT2D eigenvalue weighted by atomic mass is 32.2. The Morgan fingerprint density at radius 3 is 2.11 bits per heavy atom. The van der Waals surface area contributed by atoms with E-state index in [-0.39, 0.29) is 22.4 Å². The third kappa shape index (κ3) is 5.33. The van der Waals surface area contributed by atoms with E-state index < -0.39 is 27.2 Å². The fraction of sp³-hybridized carbons (Fsp3) is 0.324. The number of sulfonamides is 1. The molecule has 4 fully saturated rings. The lowest BCUT2D eigenvalue weighted by molar-refractivity contribution is -0.00518. The maximum absolute atomic E-state index is 12.8. The second-order valence-electron chi connectivity index (χ2n) is 12.6. The summed E-state index contributed by atoms with van der Waals surface area (Å²) in [6, 6.07) is 22.8. The fourth-order valence-corrected chi connectivity index (χ4v) is 9.05. The molecule has 0 atom stereocenters. The van der Waals surface area contributed by atoms with Gasteiger partial charge < -0.3 is 5.11 Å². The lowest BCUT2D eigenvalue weighted by atomic mass is 9.48. The van der Waals surface area contributed by atoms with Gasteiger partial charge in [0.1, 0.15) is 5.56 Å². The SMILES string of the molecule is O=c1[nH]c(=O)n(-c2ccc(C34CC5CC(CC(C5)C3)C4)cc2)c(O)c1C=Nc1ccc(S(=O)(=O)NCc2ccccc2)cc1. The first-order valence-corrected chi connectivity index (χ1v) is 16.5. The van der Waals surface area contributed by atoms with Crippen LogP contribution in [0, 0.1) is 17.8 Å². The minimum atomic E-state index is -3.75. The number of benzene rings is 3. The second kappa shape index (κ2) is 11.0. The van der Waals surface area contributed by atoms with Gasteiger partial charge in [-0.15, -0.1) is 0 Å². The van der Waals surface area contributed by atoms with Crippen LogP contribution in [-0.2, 0) is 22.0 Å². The van der Waals surface area contributed by atoms with Crippen LogP contribution in [0.5, 0.6) is 5.88 Å². The molecule has 10 heteroatoms. The van der Waals surface area contributed by atoms with Crippen LogP contribution in [-0.4, -0.2) is 29.3 Å². The van der Waals surface area contributed by atoms with Crippen molar-refractivity contribution in [2.45, 2.75) is 55.4 Å². The van der Waals surface area contributed by atoms with Gasteiger partial charge in [0, 0.05) is 12.8 Å². The summed E-state index contributed by atoms with van der Waals surface area (Å²) in [5, 5.41) is 11.0. The van der Waals surface area contributed by atoms with E-state index >= 15 is 0 Å². The molecule has 9 nitrogen and oxygen atoms in total. The summed E-state index contributed by atoms with van der Waals surface area (Å²) in [4.78, 5) is 32.1. The number of H-pyrrole nitrogens is 1. The number of hydrogen-bond acceptors (Lipinski definition) is 6. The summed E-state index contributed by atoms with van der Waals surface area (Å²) in [7, 11) is -3.75. The molecule has 1 aromatic heterocycles. The van der Waals surface area contributed by atoms with Crippen LogP contribution >= 0.6 is 0 Å². The second-order valence-corrected chi connectivity index (χ2v) is 14.4. The monoisotopic (exact) mass is 610 g/mol. The van der Waals surface area contributed by atoms with Crippen molar-refractivity contribution in [3.8, 4) is 11.6 Å². The summed E-state index contributed by atoms with van der Waals surface area (Å²) in [6.45, 7) is 0.159. The molecule has 0 spiro atoms.